The van der Waals surface area contributed by atoms with Gasteiger partial charge in [-0.25, -0.2) is 0 Å². The molecule has 0 unspecified atom stereocenters. The van der Waals surface area contributed by atoms with Crippen molar-refractivity contribution in [3.63, 3.8) is 0 Å². The van der Waals surface area contributed by atoms with Crippen LogP contribution in [-0.4, -0.2) is 36.7 Å². The third kappa shape index (κ3) is 6.11. The Balaban J connectivity index is 2.32. The van der Waals surface area contributed by atoms with E-state index in [9.17, 15) is 13.2 Å². The largest absolute Gasteiger partial charge is 0.481 e. The Kier molecular flexibility index (Phi) is 6.91. The average Bonchev–Trinajstić information content (AvgIpc) is 2.60. The highest BCUT2D eigenvalue weighted by molar-refractivity contribution is 8.15. The summed E-state index contributed by atoms with van der Waals surface area (Å²) in [6, 6.07) is 15.1. The lowest BCUT2D eigenvalue weighted by molar-refractivity contribution is -0.133. The van der Waals surface area contributed by atoms with Crippen LogP contribution in [0, 0.1) is 0 Å². The summed E-state index contributed by atoms with van der Waals surface area (Å²) in [6.07, 6.45) is 1.92. The Morgan fingerprint density at radius 1 is 1.16 bits per heavy atom. The summed E-state index contributed by atoms with van der Waals surface area (Å²) in [5.41, 5.74) is 0.631. The van der Waals surface area contributed by atoms with Gasteiger partial charge in [0.1, 0.15) is 0 Å². The van der Waals surface area contributed by atoms with Crippen molar-refractivity contribution in [1.29, 1.82) is 0 Å². The van der Waals surface area contributed by atoms with E-state index in [-0.39, 0.29) is 15.8 Å². The Hall–Kier alpha value is -1.97. The van der Waals surface area contributed by atoms with Gasteiger partial charge in [-0.1, -0.05) is 36.0 Å². The minimum absolute atomic E-state index is 0.00417. The van der Waals surface area contributed by atoms with Crippen LogP contribution in [0.5, 0.6) is 0 Å². The van der Waals surface area contributed by atoms with Gasteiger partial charge in [0.2, 0.25) is 0 Å². The minimum Gasteiger partial charge on any atom is -0.481 e. The lowest BCUT2D eigenvalue weighted by Gasteiger charge is -2.10. The molecule has 25 heavy (non-hydrogen) atoms. The predicted octanol–water partition coefficient (Wildman–Crippen LogP) is 3.38. The number of carbonyl (C=O) groups is 1. The van der Waals surface area contributed by atoms with E-state index in [4.69, 9.17) is 5.11 Å². The molecule has 0 atom stereocenters. The van der Waals surface area contributed by atoms with Crippen LogP contribution in [0.4, 0.5) is 5.69 Å². The van der Waals surface area contributed by atoms with E-state index in [1.54, 1.807) is 24.3 Å². The van der Waals surface area contributed by atoms with Crippen LogP contribution in [0.15, 0.2) is 68.8 Å². The van der Waals surface area contributed by atoms with E-state index in [1.165, 1.54) is 23.9 Å². The highest BCUT2D eigenvalue weighted by Gasteiger charge is 2.15. The number of anilines is 1. The fraction of sp³-hybridized carbons (Fsp3) is 0.125. The summed E-state index contributed by atoms with van der Waals surface area (Å²) in [5.74, 6) is -1.37. The molecule has 2 aromatic rings. The maximum atomic E-state index is 12.4. The minimum atomic E-state index is -3.94. The fourth-order valence-electron chi connectivity index (χ4n) is 1.79. The van der Waals surface area contributed by atoms with Gasteiger partial charge in [-0.15, -0.1) is 16.2 Å². The molecule has 132 valence electrons. The molecule has 0 bridgehead atoms. The van der Waals surface area contributed by atoms with Crippen LogP contribution >= 0.6 is 23.5 Å². The van der Waals surface area contributed by atoms with E-state index in [1.807, 2.05) is 24.5 Å². The zero-order valence-corrected chi connectivity index (χ0v) is 15.7. The molecular weight excluding hydrogens is 380 g/mol. The number of nitrogens with zero attached hydrogens (tertiary/aromatic N) is 1. The molecule has 0 saturated heterocycles. The summed E-state index contributed by atoms with van der Waals surface area (Å²) >= 11 is 2.35. The number of hydrogen-bond donors (Lipinski definition) is 2. The first-order valence-corrected chi connectivity index (χ1v) is 10.7. The molecule has 0 saturated carbocycles. The zero-order chi connectivity index (χ0) is 18.3. The molecule has 2 N–H and O–H groups in total. The van der Waals surface area contributed by atoms with Crippen LogP contribution in [0.1, 0.15) is 0 Å². The smallest absolute Gasteiger partial charge is 0.313 e. The third-order valence-corrected chi connectivity index (χ3v) is 5.89. The molecule has 0 aliphatic carbocycles. The molecule has 0 heterocycles. The molecule has 0 fully saturated rings. The van der Waals surface area contributed by atoms with Gasteiger partial charge in [0, 0.05) is 10.6 Å². The van der Waals surface area contributed by atoms with Crippen LogP contribution in [-0.2, 0) is 14.8 Å². The Morgan fingerprint density at radius 3 is 2.52 bits per heavy atom. The van der Waals surface area contributed by atoms with Crippen molar-refractivity contribution >= 4 is 50.4 Å². The molecule has 0 aliphatic rings. The van der Waals surface area contributed by atoms with Gasteiger partial charge in [0.15, 0.2) is 5.17 Å². The van der Waals surface area contributed by atoms with Gasteiger partial charge in [-0.3, -0.25) is 4.79 Å². The van der Waals surface area contributed by atoms with Crippen LogP contribution < -0.4 is 5.32 Å². The first-order chi connectivity index (χ1) is 11.9. The van der Waals surface area contributed by atoms with Crippen molar-refractivity contribution in [3.05, 3.63) is 54.6 Å². The number of benzene rings is 2. The summed E-state index contributed by atoms with van der Waals surface area (Å²) < 4.78 is 28.6. The van der Waals surface area contributed by atoms with Crippen molar-refractivity contribution in [2.45, 2.75) is 9.79 Å². The van der Waals surface area contributed by atoms with Gasteiger partial charge < -0.3 is 10.4 Å². The molecule has 6 nitrogen and oxygen atoms in total. The molecule has 0 radical (unpaired) electrons. The summed E-state index contributed by atoms with van der Waals surface area (Å²) in [4.78, 5) is 11.9. The van der Waals surface area contributed by atoms with E-state index < -0.39 is 16.0 Å². The van der Waals surface area contributed by atoms with Gasteiger partial charge in [0.05, 0.1) is 10.6 Å². The number of aliphatic carboxylic acids is 1. The van der Waals surface area contributed by atoms with E-state index >= 15 is 0 Å². The summed E-state index contributed by atoms with van der Waals surface area (Å²) in [6.45, 7) is 0. The molecule has 0 aliphatic heterocycles. The van der Waals surface area contributed by atoms with Gasteiger partial charge in [0.25, 0.3) is 10.0 Å². The summed E-state index contributed by atoms with van der Waals surface area (Å²) in [5, 5.41) is 11.8. The van der Waals surface area contributed by atoms with E-state index in [0.29, 0.717) is 5.69 Å². The summed E-state index contributed by atoms with van der Waals surface area (Å²) in [7, 11) is -3.94. The van der Waals surface area contributed by atoms with E-state index in [0.717, 1.165) is 16.7 Å². The number of carboxylic acid groups (broad SMARTS) is 1. The van der Waals surface area contributed by atoms with Gasteiger partial charge >= 0.3 is 5.97 Å². The lowest BCUT2D eigenvalue weighted by Crippen LogP contribution is -2.14. The molecule has 2 aromatic carbocycles. The van der Waals surface area contributed by atoms with Crippen molar-refractivity contribution in [2.75, 3.05) is 17.3 Å². The topological polar surface area (TPSA) is 95.8 Å². The number of rotatable bonds is 6. The Labute approximate surface area is 154 Å². The normalized spacial score (nSPS) is 12.0. The first-order valence-electron chi connectivity index (χ1n) is 7.06. The number of sulfonamides is 1. The Morgan fingerprint density at radius 2 is 1.88 bits per heavy atom. The maximum Gasteiger partial charge on any atom is 0.313 e. The monoisotopic (exact) mass is 396 g/mol. The van der Waals surface area contributed by atoms with Crippen LogP contribution in [0.25, 0.3) is 0 Å². The molecule has 9 heteroatoms. The highest BCUT2D eigenvalue weighted by Crippen LogP contribution is 2.21. The van der Waals surface area contributed by atoms with Crippen LogP contribution in [0.2, 0.25) is 0 Å². The molecular formula is C16H16N2O4S3. The lowest BCUT2D eigenvalue weighted by atomic mass is 10.3. The molecule has 0 aromatic heterocycles. The number of nitrogens with one attached hydrogen (secondary N) is 1. The quantitative estimate of drug-likeness (QED) is 0.439. The molecule has 2 rings (SSSR count). The van der Waals surface area contributed by atoms with Gasteiger partial charge in [-0.05, 0) is 36.6 Å². The van der Waals surface area contributed by atoms with Crippen molar-refractivity contribution in [1.82, 2.24) is 0 Å². The standard InChI is InChI=1S/C16H16N2O4S3/c1-23-13-7-5-6-12(10-13)17-16(24-11-15(19)20)18-25(21,22)14-8-3-2-4-9-14/h2-10H,11H2,1H3,(H,17,18)(H,19,20). The number of hydrogen-bond acceptors (Lipinski definition) is 5. The SMILES string of the molecule is CSc1cccc(NC(=NS(=O)(=O)c2ccccc2)SCC(=O)O)c1. The average molecular weight is 397 g/mol. The van der Waals surface area contributed by atoms with Crippen molar-refractivity contribution < 1.29 is 18.3 Å². The zero-order valence-electron chi connectivity index (χ0n) is 13.2. The molecule has 0 amide bonds. The second-order valence-electron chi connectivity index (χ2n) is 4.72. The van der Waals surface area contributed by atoms with Crippen molar-refractivity contribution in [3.8, 4) is 0 Å². The Bertz CT molecular complexity index is 868. The number of amidine groups is 1. The van der Waals surface area contributed by atoms with Crippen LogP contribution in [0.3, 0.4) is 0 Å². The third-order valence-electron chi connectivity index (χ3n) is 2.90. The highest BCUT2D eigenvalue weighted by atomic mass is 32.2. The van der Waals surface area contributed by atoms with Crippen molar-refractivity contribution in [2.24, 2.45) is 4.40 Å². The second-order valence-corrected chi connectivity index (χ2v) is 8.17. The van der Waals surface area contributed by atoms with E-state index in [2.05, 4.69) is 9.71 Å². The first kappa shape index (κ1) is 19.4. The molecule has 0 spiro atoms. The predicted molar refractivity (Wildman–Crippen MR) is 103 cm³/mol. The fourth-order valence-corrected chi connectivity index (χ4v) is 4.08. The van der Waals surface area contributed by atoms with Gasteiger partial charge in [-0.2, -0.15) is 8.42 Å². The second kappa shape index (κ2) is 8.93. The maximum absolute atomic E-state index is 12.4. The number of thioether (sulfide) groups is 2. The number of carboxylic acids is 1.